The van der Waals surface area contributed by atoms with Crippen molar-refractivity contribution in [3.05, 3.63) is 71.4 Å². The number of rotatable bonds is 9. The fourth-order valence-electron chi connectivity index (χ4n) is 4.01. The minimum Gasteiger partial charge on any atom is -0.462 e. The molecule has 2 amide bonds. The maximum atomic E-state index is 12.8. The van der Waals surface area contributed by atoms with Crippen LogP contribution in [0.25, 0.3) is 0 Å². The van der Waals surface area contributed by atoms with Crippen LogP contribution in [-0.4, -0.2) is 52.1 Å². The maximum Gasteiger partial charge on any atom is 0.343 e. The molecular weight excluding hydrogens is 488 g/mol. The van der Waals surface area contributed by atoms with Crippen molar-refractivity contribution in [1.29, 1.82) is 0 Å². The SMILES string of the molecule is CCOC(=O)c1cnc(Nc2ccc3c(c2)C(=O)NC(C(C)C)C(=O)N3)nc1N[C@H](CO)c1ccccc1. The third-order valence-electron chi connectivity index (χ3n) is 5.99. The molecule has 1 unspecified atom stereocenters. The van der Waals surface area contributed by atoms with E-state index in [9.17, 15) is 19.5 Å². The predicted molar refractivity (Wildman–Crippen MR) is 142 cm³/mol. The van der Waals surface area contributed by atoms with Gasteiger partial charge in [-0.25, -0.2) is 9.78 Å². The van der Waals surface area contributed by atoms with Crippen LogP contribution in [0.15, 0.2) is 54.7 Å². The molecule has 0 spiro atoms. The number of aliphatic hydroxyl groups is 1. The summed E-state index contributed by atoms with van der Waals surface area (Å²) in [4.78, 5) is 46.6. The molecule has 0 fully saturated rings. The molecule has 38 heavy (non-hydrogen) atoms. The van der Waals surface area contributed by atoms with E-state index in [0.717, 1.165) is 5.56 Å². The van der Waals surface area contributed by atoms with Crippen LogP contribution in [0.2, 0.25) is 0 Å². The number of benzene rings is 2. The highest BCUT2D eigenvalue weighted by Gasteiger charge is 2.30. The van der Waals surface area contributed by atoms with E-state index in [1.54, 1.807) is 25.1 Å². The van der Waals surface area contributed by atoms with Crippen molar-refractivity contribution in [1.82, 2.24) is 15.3 Å². The summed E-state index contributed by atoms with van der Waals surface area (Å²) in [6, 6.07) is 13.0. The van der Waals surface area contributed by atoms with Crippen LogP contribution in [0.5, 0.6) is 0 Å². The Bertz CT molecular complexity index is 1330. The van der Waals surface area contributed by atoms with E-state index in [2.05, 4.69) is 31.2 Å². The molecule has 2 atom stereocenters. The molecule has 198 valence electrons. The topological polar surface area (TPSA) is 155 Å². The zero-order valence-electron chi connectivity index (χ0n) is 21.3. The first kappa shape index (κ1) is 26.6. The summed E-state index contributed by atoms with van der Waals surface area (Å²) in [6.07, 6.45) is 1.33. The van der Waals surface area contributed by atoms with Crippen molar-refractivity contribution in [2.24, 2.45) is 5.92 Å². The number of anilines is 4. The van der Waals surface area contributed by atoms with Gasteiger partial charge in [-0.1, -0.05) is 44.2 Å². The van der Waals surface area contributed by atoms with Gasteiger partial charge in [0.05, 0.1) is 30.5 Å². The van der Waals surface area contributed by atoms with Gasteiger partial charge in [0.2, 0.25) is 11.9 Å². The Labute approximate surface area is 220 Å². The third kappa shape index (κ3) is 5.89. The van der Waals surface area contributed by atoms with Crippen LogP contribution in [0.3, 0.4) is 0 Å². The number of aromatic nitrogens is 2. The summed E-state index contributed by atoms with van der Waals surface area (Å²) in [5, 5.41) is 21.7. The third-order valence-corrected chi connectivity index (χ3v) is 5.99. The average Bonchev–Trinajstić information content (AvgIpc) is 3.03. The molecule has 1 aliphatic heterocycles. The number of hydrogen-bond donors (Lipinski definition) is 5. The number of fused-ring (bicyclic) bond motifs is 1. The molecule has 0 saturated carbocycles. The summed E-state index contributed by atoms with van der Waals surface area (Å²) in [7, 11) is 0. The van der Waals surface area contributed by atoms with Crippen LogP contribution in [-0.2, 0) is 9.53 Å². The fraction of sp³-hybridized carbons (Fsp3) is 0.296. The van der Waals surface area contributed by atoms with Crippen molar-refractivity contribution in [2.45, 2.75) is 32.9 Å². The number of ether oxygens (including phenoxy) is 1. The molecule has 2 heterocycles. The van der Waals surface area contributed by atoms with E-state index in [-0.39, 0.29) is 53.8 Å². The number of nitrogens with zero attached hydrogens (tertiary/aromatic N) is 2. The van der Waals surface area contributed by atoms with Crippen molar-refractivity contribution in [3.63, 3.8) is 0 Å². The molecule has 0 radical (unpaired) electrons. The zero-order valence-corrected chi connectivity index (χ0v) is 21.3. The normalized spacial score (nSPS) is 15.6. The fourth-order valence-corrected chi connectivity index (χ4v) is 4.01. The van der Waals surface area contributed by atoms with E-state index in [0.29, 0.717) is 11.4 Å². The lowest BCUT2D eigenvalue weighted by molar-refractivity contribution is -0.118. The van der Waals surface area contributed by atoms with Crippen LogP contribution in [0.1, 0.15) is 53.1 Å². The van der Waals surface area contributed by atoms with Gasteiger partial charge in [-0.15, -0.1) is 0 Å². The first-order valence-corrected chi connectivity index (χ1v) is 12.3. The van der Waals surface area contributed by atoms with E-state index in [1.807, 2.05) is 44.2 Å². The highest BCUT2D eigenvalue weighted by molar-refractivity contribution is 6.10. The van der Waals surface area contributed by atoms with Gasteiger partial charge in [-0.05, 0) is 36.6 Å². The standard InChI is InChI=1S/C27H30N6O5/c1-4-38-26(37)19-13-28-27(33-23(19)30-21(14-34)16-8-6-5-7-9-16)29-17-10-11-20-18(12-17)24(35)32-22(15(2)3)25(36)31-20/h5-13,15,21-22,34H,4,14H2,1-3H3,(H,31,36)(H,32,35)(H2,28,29,30,33)/t21-,22?/m1/s1. The quantitative estimate of drug-likeness (QED) is 0.269. The Morgan fingerprint density at radius 2 is 1.92 bits per heavy atom. The highest BCUT2D eigenvalue weighted by Crippen LogP contribution is 2.27. The second-order valence-corrected chi connectivity index (χ2v) is 9.04. The maximum absolute atomic E-state index is 12.8. The van der Waals surface area contributed by atoms with Gasteiger partial charge < -0.3 is 31.1 Å². The minimum absolute atomic E-state index is 0.0817. The monoisotopic (exact) mass is 518 g/mol. The van der Waals surface area contributed by atoms with Gasteiger partial charge in [0.25, 0.3) is 5.91 Å². The number of aliphatic hydroxyl groups excluding tert-OH is 1. The van der Waals surface area contributed by atoms with E-state index >= 15 is 0 Å². The van der Waals surface area contributed by atoms with Crippen LogP contribution in [0.4, 0.5) is 23.1 Å². The second kappa shape index (κ2) is 11.7. The average molecular weight is 519 g/mol. The molecular formula is C27H30N6O5. The summed E-state index contributed by atoms with van der Waals surface area (Å²) in [5.41, 5.74) is 2.09. The summed E-state index contributed by atoms with van der Waals surface area (Å²) in [6.45, 7) is 5.33. The number of carbonyl (C=O) groups excluding carboxylic acids is 3. The van der Waals surface area contributed by atoms with Gasteiger partial charge in [0.1, 0.15) is 17.4 Å². The predicted octanol–water partition coefficient (Wildman–Crippen LogP) is 3.25. The molecule has 2 aromatic carbocycles. The largest absolute Gasteiger partial charge is 0.462 e. The van der Waals surface area contributed by atoms with Gasteiger partial charge >= 0.3 is 5.97 Å². The van der Waals surface area contributed by atoms with E-state index in [4.69, 9.17) is 4.74 Å². The van der Waals surface area contributed by atoms with Crippen LogP contribution in [0, 0.1) is 5.92 Å². The lowest BCUT2D eigenvalue weighted by Crippen LogP contribution is -2.44. The van der Waals surface area contributed by atoms with Crippen molar-refractivity contribution >= 4 is 40.9 Å². The Morgan fingerprint density at radius 1 is 1.16 bits per heavy atom. The second-order valence-electron chi connectivity index (χ2n) is 9.04. The summed E-state index contributed by atoms with van der Waals surface area (Å²) in [5.74, 6) is -1.04. The zero-order chi connectivity index (χ0) is 27.2. The van der Waals surface area contributed by atoms with Crippen LogP contribution < -0.4 is 21.3 Å². The Hall–Kier alpha value is -4.51. The molecule has 0 bridgehead atoms. The number of amides is 2. The van der Waals surface area contributed by atoms with Crippen molar-refractivity contribution < 1.29 is 24.2 Å². The van der Waals surface area contributed by atoms with Crippen molar-refractivity contribution in [3.8, 4) is 0 Å². The lowest BCUT2D eigenvalue weighted by Gasteiger charge is -2.19. The molecule has 0 aliphatic carbocycles. The minimum atomic E-state index is -0.650. The first-order valence-electron chi connectivity index (χ1n) is 12.3. The smallest absolute Gasteiger partial charge is 0.343 e. The summed E-state index contributed by atoms with van der Waals surface area (Å²) < 4.78 is 5.15. The van der Waals surface area contributed by atoms with Gasteiger partial charge in [-0.2, -0.15) is 4.98 Å². The molecule has 3 aromatic rings. The molecule has 0 saturated heterocycles. The molecule has 1 aromatic heterocycles. The number of esters is 1. The van der Waals surface area contributed by atoms with Gasteiger partial charge in [0.15, 0.2) is 0 Å². The van der Waals surface area contributed by atoms with Crippen LogP contribution >= 0.6 is 0 Å². The van der Waals surface area contributed by atoms with Crippen molar-refractivity contribution in [2.75, 3.05) is 29.2 Å². The van der Waals surface area contributed by atoms with Gasteiger partial charge in [-0.3, -0.25) is 9.59 Å². The van der Waals surface area contributed by atoms with E-state index in [1.165, 1.54) is 6.20 Å². The molecule has 1 aliphatic rings. The Morgan fingerprint density at radius 3 is 2.61 bits per heavy atom. The Kier molecular flexibility index (Phi) is 8.17. The highest BCUT2D eigenvalue weighted by atomic mass is 16.5. The van der Waals surface area contributed by atoms with Gasteiger partial charge in [0, 0.05) is 11.9 Å². The number of nitrogens with one attached hydrogen (secondary N) is 4. The molecule has 11 nitrogen and oxygen atoms in total. The molecule has 4 rings (SSSR count). The lowest BCUT2D eigenvalue weighted by atomic mass is 10.0. The number of carbonyl (C=O) groups is 3. The number of hydrogen-bond acceptors (Lipinski definition) is 9. The summed E-state index contributed by atoms with van der Waals surface area (Å²) >= 11 is 0. The molecule has 11 heteroatoms. The Balaban J connectivity index is 1.63. The first-order chi connectivity index (χ1) is 18.3. The van der Waals surface area contributed by atoms with E-state index < -0.39 is 18.1 Å². The molecule has 5 N–H and O–H groups in total.